The Balaban J connectivity index is 1.28. The maximum absolute atomic E-state index is 13.2. The van der Waals surface area contributed by atoms with Crippen LogP contribution in [0.3, 0.4) is 0 Å². The Morgan fingerprint density at radius 2 is 1.75 bits per heavy atom. The lowest BCUT2D eigenvalue weighted by Gasteiger charge is -2.36. The summed E-state index contributed by atoms with van der Waals surface area (Å²) in [5.74, 6) is 0.738. The normalized spacial score (nSPS) is 20.2. The molecule has 218 valence electrons. The highest BCUT2D eigenvalue weighted by molar-refractivity contribution is 7.89. The van der Waals surface area contributed by atoms with Gasteiger partial charge in [0.2, 0.25) is 16.3 Å². The number of hydrogen-bond acceptors (Lipinski definition) is 8. The molecule has 4 rings (SSSR count). The molecule has 10 nitrogen and oxygen atoms in total. The van der Waals surface area contributed by atoms with Crippen LogP contribution in [0, 0.1) is 5.92 Å². The highest BCUT2D eigenvalue weighted by Crippen LogP contribution is 2.25. The van der Waals surface area contributed by atoms with Crippen LogP contribution in [0.25, 0.3) is 0 Å². The molecule has 1 N–H and O–H groups in total. The van der Waals surface area contributed by atoms with Crippen LogP contribution in [0.5, 0.6) is 5.75 Å². The second kappa shape index (κ2) is 14.1. The molecule has 11 heteroatoms. The van der Waals surface area contributed by atoms with Crippen LogP contribution in [0.4, 0.5) is 0 Å². The number of amides is 1. The fourth-order valence-corrected chi connectivity index (χ4v) is 6.25. The van der Waals surface area contributed by atoms with Crippen LogP contribution in [0.15, 0.2) is 71.3 Å². The smallest absolute Gasteiger partial charge is 0.288 e. The summed E-state index contributed by atoms with van der Waals surface area (Å²) < 4.78 is 44.4. The quantitative estimate of drug-likeness (QED) is 0.412. The number of methoxy groups -OCH3 is 1. The highest BCUT2D eigenvalue weighted by atomic mass is 32.2. The van der Waals surface area contributed by atoms with Crippen molar-refractivity contribution in [3.8, 4) is 5.75 Å². The number of rotatable bonds is 12. The standard InChI is InChI=1S/C29H39N3O7S/c1-23-20-27(29(34)31-14-12-30(13-15-31)22-24-6-4-3-5-7-24)39-28(21-23)38-19-17-32(16-18-33)40(35,36)26-10-8-25(37-2)9-11-26/h3-11,20,23,28,33H,12-19,21-22H2,1-2H3/t23-,28+/m0/s1. The van der Waals surface area contributed by atoms with Crippen molar-refractivity contribution < 1.29 is 32.5 Å². The molecule has 0 aliphatic carbocycles. The Morgan fingerprint density at radius 3 is 2.40 bits per heavy atom. The molecule has 0 unspecified atom stereocenters. The molecule has 1 amide bonds. The van der Waals surface area contributed by atoms with Crippen molar-refractivity contribution >= 4 is 15.9 Å². The van der Waals surface area contributed by atoms with E-state index in [0.29, 0.717) is 25.3 Å². The fraction of sp³-hybridized carbons (Fsp3) is 0.483. The predicted octanol–water partition coefficient (Wildman–Crippen LogP) is 2.31. The summed E-state index contributed by atoms with van der Waals surface area (Å²) in [6, 6.07) is 16.4. The number of hydrogen-bond donors (Lipinski definition) is 1. The molecular weight excluding hydrogens is 534 g/mol. The third-order valence-corrected chi connectivity index (χ3v) is 8.98. The topological polar surface area (TPSA) is 109 Å². The summed E-state index contributed by atoms with van der Waals surface area (Å²) >= 11 is 0. The van der Waals surface area contributed by atoms with E-state index in [9.17, 15) is 18.3 Å². The molecule has 2 aliphatic heterocycles. The Kier molecular flexibility index (Phi) is 10.6. The van der Waals surface area contributed by atoms with Gasteiger partial charge in [-0.3, -0.25) is 9.69 Å². The molecule has 0 aromatic heterocycles. The first-order chi connectivity index (χ1) is 19.3. The van der Waals surface area contributed by atoms with Gasteiger partial charge in [0.1, 0.15) is 5.75 Å². The van der Waals surface area contributed by atoms with Crippen LogP contribution in [-0.4, -0.2) is 99.4 Å². The van der Waals surface area contributed by atoms with Gasteiger partial charge in [-0.05, 0) is 41.8 Å². The van der Waals surface area contributed by atoms with Gasteiger partial charge in [0.05, 0.1) is 25.2 Å². The highest BCUT2D eigenvalue weighted by Gasteiger charge is 2.31. The van der Waals surface area contributed by atoms with Gasteiger partial charge < -0.3 is 24.2 Å². The summed E-state index contributed by atoms with van der Waals surface area (Å²) in [6.07, 6.45) is 1.72. The van der Waals surface area contributed by atoms with E-state index in [1.54, 1.807) is 12.1 Å². The van der Waals surface area contributed by atoms with Gasteiger partial charge in [-0.25, -0.2) is 8.42 Å². The Labute approximate surface area is 236 Å². The van der Waals surface area contributed by atoms with Gasteiger partial charge in [-0.1, -0.05) is 37.3 Å². The fourth-order valence-electron chi connectivity index (χ4n) is 4.84. The lowest BCUT2D eigenvalue weighted by atomic mass is 10.0. The van der Waals surface area contributed by atoms with Crippen molar-refractivity contribution in [1.82, 2.24) is 14.1 Å². The number of allylic oxidation sites excluding steroid dienone is 1. The van der Waals surface area contributed by atoms with Crippen molar-refractivity contribution in [2.24, 2.45) is 5.92 Å². The van der Waals surface area contributed by atoms with Crippen LogP contribution < -0.4 is 4.74 Å². The second-order valence-corrected chi connectivity index (χ2v) is 12.0. The number of ether oxygens (including phenoxy) is 3. The van der Waals surface area contributed by atoms with E-state index < -0.39 is 16.3 Å². The van der Waals surface area contributed by atoms with Crippen molar-refractivity contribution in [2.45, 2.75) is 31.1 Å². The molecule has 2 atom stereocenters. The minimum absolute atomic E-state index is 0.0273. The lowest BCUT2D eigenvalue weighted by molar-refractivity contribution is -0.155. The van der Waals surface area contributed by atoms with Crippen LogP contribution in [0.1, 0.15) is 18.9 Å². The molecule has 0 saturated carbocycles. The van der Waals surface area contributed by atoms with E-state index >= 15 is 0 Å². The molecule has 0 radical (unpaired) electrons. The maximum Gasteiger partial charge on any atom is 0.288 e. The molecule has 2 aliphatic rings. The van der Waals surface area contributed by atoms with Crippen molar-refractivity contribution in [2.75, 3.05) is 59.6 Å². The molecule has 1 saturated heterocycles. The number of aliphatic hydroxyl groups excluding tert-OH is 1. The lowest BCUT2D eigenvalue weighted by Crippen LogP contribution is -2.49. The molecule has 2 aromatic carbocycles. The molecule has 2 heterocycles. The first-order valence-electron chi connectivity index (χ1n) is 13.6. The van der Waals surface area contributed by atoms with Gasteiger partial charge in [-0.15, -0.1) is 0 Å². The number of piperazine rings is 1. The van der Waals surface area contributed by atoms with Gasteiger partial charge in [0.15, 0.2) is 5.76 Å². The number of carbonyl (C=O) groups excluding carboxylic acids is 1. The molecule has 40 heavy (non-hydrogen) atoms. The van der Waals surface area contributed by atoms with Crippen LogP contribution >= 0.6 is 0 Å². The van der Waals surface area contributed by atoms with Crippen LogP contribution in [-0.2, 0) is 30.8 Å². The van der Waals surface area contributed by atoms with Gasteiger partial charge in [0.25, 0.3) is 5.91 Å². The number of benzene rings is 2. The van der Waals surface area contributed by atoms with E-state index in [-0.39, 0.29) is 48.8 Å². The first-order valence-corrected chi connectivity index (χ1v) is 15.0. The third kappa shape index (κ3) is 7.82. The summed E-state index contributed by atoms with van der Waals surface area (Å²) in [5.41, 5.74) is 1.25. The van der Waals surface area contributed by atoms with E-state index in [1.165, 1.54) is 29.1 Å². The van der Waals surface area contributed by atoms with Gasteiger partial charge in [0, 0.05) is 52.2 Å². The summed E-state index contributed by atoms with van der Waals surface area (Å²) in [7, 11) is -2.34. The number of aliphatic hydroxyl groups is 1. The monoisotopic (exact) mass is 573 g/mol. The summed E-state index contributed by atoms with van der Waals surface area (Å²) in [6.45, 7) is 5.33. The molecule has 0 bridgehead atoms. The second-order valence-electron chi connectivity index (χ2n) is 10.0. The third-order valence-electron chi connectivity index (χ3n) is 7.07. The molecule has 2 aromatic rings. The van der Waals surface area contributed by atoms with E-state index in [1.807, 2.05) is 36.1 Å². The zero-order chi connectivity index (χ0) is 28.5. The van der Waals surface area contributed by atoms with Crippen molar-refractivity contribution in [1.29, 1.82) is 0 Å². The Morgan fingerprint density at radius 1 is 1.05 bits per heavy atom. The zero-order valence-corrected chi connectivity index (χ0v) is 24.0. The maximum atomic E-state index is 13.2. The number of nitrogens with zero attached hydrogens (tertiary/aromatic N) is 3. The molecule has 0 spiro atoms. The van der Waals surface area contributed by atoms with Crippen molar-refractivity contribution in [3.63, 3.8) is 0 Å². The summed E-state index contributed by atoms with van der Waals surface area (Å²) in [5, 5.41) is 9.48. The summed E-state index contributed by atoms with van der Waals surface area (Å²) in [4.78, 5) is 17.5. The minimum Gasteiger partial charge on any atom is -0.497 e. The predicted molar refractivity (Wildman–Crippen MR) is 150 cm³/mol. The number of sulfonamides is 1. The SMILES string of the molecule is COc1ccc(S(=O)(=O)N(CCO)CCO[C@H]2C[C@@H](C)C=C(C(=O)N3CCN(Cc4ccccc4)CC3)O2)cc1. The minimum atomic E-state index is -3.84. The van der Waals surface area contributed by atoms with Gasteiger partial charge in [-0.2, -0.15) is 4.31 Å². The zero-order valence-electron chi connectivity index (χ0n) is 23.1. The average Bonchev–Trinajstić information content (AvgIpc) is 2.97. The largest absolute Gasteiger partial charge is 0.497 e. The molecular formula is C29H39N3O7S. The molecule has 1 fully saturated rings. The van der Waals surface area contributed by atoms with Gasteiger partial charge >= 0.3 is 0 Å². The van der Waals surface area contributed by atoms with Crippen molar-refractivity contribution in [3.05, 3.63) is 72.0 Å². The number of carbonyl (C=O) groups is 1. The first kappa shape index (κ1) is 30.0. The van der Waals surface area contributed by atoms with E-state index in [0.717, 1.165) is 19.6 Å². The van der Waals surface area contributed by atoms with E-state index in [4.69, 9.17) is 14.2 Å². The van der Waals surface area contributed by atoms with Crippen LogP contribution in [0.2, 0.25) is 0 Å². The van der Waals surface area contributed by atoms with E-state index in [2.05, 4.69) is 17.0 Å². The Bertz CT molecular complexity index is 1230. The average molecular weight is 574 g/mol. The Hall–Kier alpha value is -2.96.